The van der Waals surface area contributed by atoms with E-state index in [4.69, 9.17) is 9.84 Å². The second-order valence-corrected chi connectivity index (χ2v) is 6.69. The predicted octanol–water partition coefficient (Wildman–Crippen LogP) is 3.71. The van der Waals surface area contributed by atoms with Crippen molar-refractivity contribution in [3.05, 3.63) is 41.6 Å². The number of hydrogen-bond acceptors (Lipinski definition) is 4. The highest BCUT2D eigenvalue weighted by Gasteiger charge is 2.39. The van der Waals surface area contributed by atoms with Gasteiger partial charge < -0.3 is 15.2 Å². The van der Waals surface area contributed by atoms with Gasteiger partial charge in [-0.25, -0.2) is 0 Å². The minimum atomic E-state index is -4.19. The third kappa shape index (κ3) is 4.27. The number of alkyl halides is 3. The summed E-state index contributed by atoms with van der Waals surface area (Å²) in [5, 5.41) is 12.0. The summed E-state index contributed by atoms with van der Waals surface area (Å²) in [6.07, 6.45) is -0.859. The van der Waals surface area contributed by atoms with Crippen LogP contribution in [0, 0.1) is 5.92 Å². The first kappa shape index (κ1) is 20.1. The summed E-state index contributed by atoms with van der Waals surface area (Å²) >= 11 is 0. The summed E-state index contributed by atoms with van der Waals surface area (Å²) in [7, 11) is 1.51. The highest BCUT2D eigenvalue weighted by molar-refractivity contribution is 5.99. The maximum atomic E-state index is 12.9. The average molecular weight is 394 g/mol. The predicted molar refractivity (Wildman–Crippen MR) is 99.1 cm³/mol. The minimum absolute atomic E-state index is 0.0374. The Hall–Kier alpha value is -2.61. The molecule has 0 radical (unpaired) electrons. The molecule has 0 bridgehead atoms. The van der Waals surface area contributed by atoms with Crippen LogP contribution in [0.5, 0.6) is 5.75 Å². The summed E-state index contributed by atoms with van der Waals surface area (Å²) in [5.74, 6) is -1.14. The lowest BCUT2D eigenvalue weighted by atomic mass is 9.85. The van der Waals surface area contributed by atoms with Crippen molar-refractivity contribution in [1.29, 1.82) is 0 Å². The maximum Gasteiger partial charge on any atom is 0.392 e. The van der Waals surface area contributed by atoms with Crippen LogP contribution >= 0.6 is 0 Å². The highest BCUT2D eigenvalue weighted by atomic mass is 19.4. The number of pyridine rings is 1. The molecule has 1 heterocycles. The standard InChI is InChI=1S/C20H21F3N2O3/c1-28-16-9-13-8-14(19(27)24-6-7-26)11-25-18(13)17(10-16)12-2-4-15(5-3-12)20(21,22)23/h2,8-11,15,26H,3-7H2,1H3,(H,24,27). The number of rotatable bonds is 5. The Labute approximate surface area is 160 Å². The van der Waals surface area contributed by atoms with E-state index in [9.17, 15) is 18.0 Å². The number of nitrogens with zero attached hydrogens (tertiary/aromatic N) is 1. The van der Waals surface area contributed by atoms with E-state index in [-0.39, 0.29) is 31.9 Å². The zero-order valence-electron chi connectivity index (χ0n) is 15.3. The van der Waals surface area contributed by atoms with Crippen LogP contribution in [-0.2, 0) is 0 Å². The van der Waals surface area contributed by atoms with Crippen molar-refractivity contribution in [3.8, 4) is 5.75 Å². The van der Waals surface area contributed by atoms with Crippen LogP contribution in [0.1, 0.15) is 35.2 Å². The summed E-state index contributed by atoms with van der Waals surface area (Å²) in [4.78, 5) is 16.5. The molecule has 1 unspecified atom stereocenters. The Morgan fingerprint density at radius 1 is 1.36 bits per heavy atom. The number of aliphatic hydroxyl groups excluding tert-OH is 1. The van der Waals surface area contributed by atoms with Crippen molar-refractivity contribution in [3.63, 3.8) is 0 Å². The zero-order valence-corrected chi connectivity index (χ0v) is 15.3. The molecule has 1 aromatic carbocycles. The Bertz CT molecular complexity index is 909. The largest absolute Gasteiger partial charge is 0.497 e. The van der Waals surface area contributed by atoms with Crippen molar-refractivity contribution < 1.29 is 27.8 Å². The smallest absolute Gasteiger partial charge is 0.392 e. The molecule has 1 amide bonds. The molecule has 1 aliphatic carbocycles. The van der Waals surface area contributed by atoms with Crippen molar-refractivity contribution in [2.45, 2.75) is 25.4 Å². The maximum absolute atomic E-state index is 12.9. The number of halogens is 3. The van der Waals surface area contributed by atoms with E-state index in [0.29, 0.717) is 28.6 Å². The molecule has 2 aromatic rings. The van der Waals surface area contributed by atoms with Gasteiger partial charge in [0, 0.05) is 23.7 Å². The van der Waals surface area contributed by atoms with Gasteiger partial charge in [0.2, 0.25) is 0 Å². The van der Waals surface area contributed by atoms with Gasteiger partial charge in [-0.3, -0.25) is 9.78 Å². The Morgan fingerprint density at radius 3 is 2.75 bits per heavy atom. The van der Waals surface area contributed by atoms with Gasteiger partial charge in [-0.1, -0.05) is 6.08 Å². The number of allylic oxidation sites excluding steroid dienone is 2. The van der Waals surface area contributed by atoms with Gasteiger partial charge in [0.25, 0.3) is 5.91 Å². The molecule has 3 rings (SSSR count). The van der Waals surface area contributed by atoms with Crippen LogP contribution < -0.4 is 10.1 Å². The van der Waals surface area contributed by atoms with Gasteiger partial charge >= 0.3 is 6.18 Å². The zero-order chi connectivity index (χ0) is 20.3. The van der Waals surface area contributed by atoms with E-state index in [2.05, 4.69) is 10.3 Å². The van der Waals surface area contributed by atoms with E-state index >= 15 is 0 Å². The third-order valence-corrected chi connectivity index (χ3v) is 4.87. The van der Waals surface area contributed by atoms with E-state index in [0.717, 1.165) is 11.1 Å². The third-order valence-electron chi connectivity index (χ3n) is 4.87. The molecule has 0 aliphatic heterocycles. The molecule has 5 nitrogen and oxygen atoms in total. The summed E-state index contributed by atoms with van der Waals surface area (Å²) in [6.45, 7) is -0.0364. The Kier molecular flexibility index (Phi) is 5.88. The van der Waals surface area contributed by atoms with Crippen LogP contribution in [0.4, 0.5) is 13.2 Å². The van der Waals surface area contributed by atoms with Crippen molar-refractivity contribution in [1.82, 2.24) is 10.3 Å². The molecule has 0 saturated carbocycles. The van der Waals surface area contributed by atoms with E-state index in [1.54, 1.807) is 24.3 Å². The number of ether oxygens (including phenoxy) is 1. The van der Waals surface area contributed by atoms with Gasteiger partial charge in [0.05, 0.1) is 30.7 Å². The number of methoxy groups -OCH3 is 1. The van der Waals surface area contributed by atoms with Gasteiger partial charge in [-0.2, -0.15) is 13.2 Å². The number of carbonyl (C=O) groups is 1. The molecular formula is C20H21F3N2O3. The Balaban J connectivity index is 1.99. The first-order valence-corrected chi connectivity index (χ1v) is 8.96. The number of nitrogens with one attached hydrogen (secondary N) is 1. The molecule has 0 saturated heterocycles. The van der Waals surface area contributed by atoms with Crippen LogP contribution in [0.2, 0.25) is 0 Å². The van der Waals surface area contributed by atoms with Crippen LogP contribution in [0.25, 0.3) is 16.5 Å². The van der Waals surface area contributed by atoms with E-state index < -0.39 is 12.1 Å². The fourth-order valence-corrected chi connectivity index (χ4v) is 3.36. The molecule has 1 atom stereocenters. The molecule has 2 N–H and O–H groups in total. The SMILES string of the molecule is COc1cc(C2=CCC(C(F)(F)F)CC2)c2ncc(C(=O)NCCO)cc2c1. The van der Waals surface area contributed by atoms with Gasteiger partial charge in [-0.15, -0.1) is 0 Å². The Morgan fingerprint density at radius 2 is 2.14 bits per heavy atom. The molecule has 28 heavy (non-hydrogen) atoms. The number of aliphatic hydroxyl groups is 1. The fraction of sp³-hybridized carbons (Fsp3) is 0.400. The monoisotopic (exact) mass is 394 g/mol. The normalized spacial score (nSPS) is 17.3. The molecule has 1 aromatic heterocycles. The molecule has 0 fully saturated rings. The summed E-state index contributed by atoms with van der Waals surface area (Å²) < 4.78 is 44.1. The molecular weight excluding hydrogens is 373 g/mol. The lowest BCUT2D eigenvalue weighted by Gasteiger charge is -2.24. The summed E-state index contributed by atoms with van der Waals surface area (Å²) in [6, 6.07) is 5.15. The van der Waals surface area contributed by atoms with Crippen molar-refractivity contribution >= 4 is 22.4 Å². The number of carbonyl (C=O) groups excluding carboxylic acids is 1. The number of benzene rings is 1. The first-order chi connectivity index (χ1) is 13.3. The highest BCUT2D eigenvalue weighted by Crippen LogP contribution is 2.41. The first-order valence-electron chi connectivity index (χ1n) is 8.96. The van der Waals surface area contributed by atoms with Gasteiger partial charge in [-0.05, 0) is 43.0 Å². The molecule has 0 spiro atoms. The number of amides is 1. The van der Waals surface area contributed by atoms with E-state index in [1.807, 2.05) is 0 Å². The van der Waals surface area contributed by atoms with Crippen molar-refractivity contribution in [2.75, 3.05) is 20.3 Å². The lowest BCUT2D eigenvalue weighted by Crippen LogP contribution is -2.26. The van der Waals surface area contributed by atoms with Gasteiger partial charge in [0.1, 0.15) is 5.75 Å². The second kappa shape index (κ2) is 8.18. The average Bonchev–Trinajstić information content (AvgIpc) is 2.70. The number of aromatic nitrogens is 1. The van der Waals surface area contributed by atoms with Crippen LogP contribution in [0.3, 0.4) is 0 Å². The number of fused-ring (bicyclic) bond motifs is 1. The lowest BCUT2D eigenvalue weighted by molar-refractivity contribution is -0.175. The number of hydrogen-bond donors (Lipinski definition) is 2. The fourth-order valence-electron chi connectivity index (χ4n) is 3.36. The molecule has 1 aliphatic rings. The summed E-state index contributed by atoms with van der Waals surface area (Å²) in [5.41, 5.74) is 2.46. The molecule has 8 heteroatoms. The topological polar surface area (TPSA) is 71.5 Å². The molecule has 150 valence electrons. The van der Waals surface area contributed by atoms with Gasteiger partial charge in [0.15, 0.2) is 0 Å². The van der Waals surface area contributed by atoms with Crippen LogP contribution in [0.15, 0.2) is 30.5 Å². The van der Waals surface area contributed by atoms with Crippen LogP contribution in [-0.4, -0.2) is 42.4 Å². The van der Waals surface area contributed by atoms with E-state index in [1.165, 1.54) is 13.3 Å². The quantitative estimate of drug-likeness (QED) is 0.811. The minimum Gasteiger partial charge on any atom is -0.497 e. The second-order valence-electron chi connectivity index (χ2n) is 6.69. The van der Waals surface area contributed by atoms with Crippen molar-refractivity contribution in [2.24, 2.45) is 5.92 Å².